The van der Waals surface area contributed by atoms with Crippen molar-refractivity contribution >= 4 is 43.6 Å². The van der Waals surface area contributed by atoms with Crippen molar-refractivity contribution in [2.75, 3.05) is 0 Å². The van der Waals surface area contributed by atoms with Crippen molar-refractivity contribution in [3.8, 4) is 45.0 Å². The molecular formula is C36H22N4Pt. The van der Waals surface area contributed by atoms with Crippen molar-refractivity contribution in [2.45, 2.75) is 0 Å². The second-order valence-corrected chi connectivity index (χ2v) is 10.4. The van der Waals surface area contributed by atoms with Crippen LogP contribution in [0.15, 0.2) is 121 Å². The Morgan fingerprint density at radius 1 is 0.341 bits per heavy atom. The first-order chi connectivity index (χ1) is 19.8. The Kier molecular flexibility index (Phi) is 5.35. The van der Waals surface area contributed by atoms with Gasteiger partial charge in [0, 0.05) is 86.9 Å². The molecule has 5 heterocycles. The van der Waals surface area contributed by atoms with Gasteiger partial charge in [0.15, 0.2) is 0 Å². The molecule has 4 aromatic carbocycles. The predicted octanol–water partition coefficient (Wildman–Crippen LogP) is 9.29. The van der Waals surface area contributed by atoms with Gasteiger partial charge >= 0.3 is 0 Å². The van der Waals surface area contributed by atoms with Gasteiger partial charge in [-0.15, -0.1) is 0 Å². The summed E-state index contributed by atoms with van der Waals surface area (Å²) >= 11 is 0. The van der Waals surface area contributed by atoms with Gasteiger partial charge < -0.3 is 9.97 Å². The molecule has 4 nitrogen and oxygen atoms in total. The number of hydrogen-bond acceptors (Lipinski definition) is 2. The maximum absolute atomic E-state index is 5.17. The minimum absolute atomic E-state index is 0. The Labute approximate surface area is 250 Å². The van der Waals surface area contributed by atoms with Crippen molar-refractivity contribution in [2.24, 2.45) is 0 Å². The van der Waals surface area contributed by atoms with Gasteiger partial charge in [0.25, 0.3) is 0 Å². The molecule has 3 aromatic heterocycles. The normalized spacial score (nSPS) is 11.7. The fourth-order valence-corrected chi connectivity index (χ4v) is 6.27. The fourth-order valence-electron chi connectivity index (χ4n) is 6.27. The van der Waals surface area contributed by atoms with Crippen LogP contribution in [0.3, 0.4) is 0 Å². The molecule has 8 bridgehead atoms. The van der Waals surface area contributed by atoms with E-state index in [9.17, 15) is 0 Å². The van der Waals surface area contributed by atoms with E-state index in [2.05, 4.69) is 131 Å². The largest absolute Gasteiger partial charge is 0.354 e. The number of H-pyrrole nitrogens is 2. The zero-order chi connectivity index (χ0) is 26.2. The van der Waals surface area contributed by atoms with E-state index in [4.69, 9.17) is 9.97 Å². The standard InChI is InChI=1S/C36H22N4.Pt/c1-2-10-22-21(9-1)29-17-31-23-11-3-4-12-24(23)33(38-31)19-35-27-15-7-8-16-28(27)36(40-35)20-34-26-14-6-5-13-25(26)32(39-34)18-30(22)37-29;/h1-20,37,40H;. The fraction of sp³-hybridized carbons (Fsp3) is 0. The summed E-state index contributed by atoms with van der Waals surface area (Å²) in [4.78, 5) is 17.8. The van der Waals surface area contributed by atoms with E-state index in [0.717, 1.165) is 88.6 Å². The molecule has 0 atom stereocenters. The second-order valence-electron chi connectivity index (χ2n) is 10.4. The molecule has 0 fully saturated rings. The Bertz CT molecular complexity index is 2020. The van der Waals surface area contributed by atoms with Crippen molar-refractivity contribution in [1.82, 2.24) is 19.9 Å². The van der Waals surface area contributed by atoms with E-state index in [1.165, 1.54) is 0 Å². The van der Waals surface area contributed by atoms with E-state index in [0.29, 0.717) is 0 Å². The molecular weight excluding hydrogens is 684 g/mol. The third kappa shape index (κ3) is 3.65. The van der Waals surface area contributed by atoms with Crippen LogP contribution in [0.1, 0.15) is 0 Å². The molecule has 0 spiro atoms. The molecule has 0 unspecified atom stereocenters. The summed E-state index contributed by atoms with van der Waals surface area (Å²) in [6.45, 7) is 0. The molecule has 2 aliphatic heterocycles. The van der Waals surface area contributed by atoms with Crippen LogP contribution < -0.4 is 0 Å². The summed E-state index contributed by atoms with van der Waals surface area (Å²) < 4.78 is 0. The first kappa shape index (κ1) is 24.0. The van der Waals surface area contributed by atoms with Crippen LogP contribution >= 0.6 is 0 Å². The molecule has 2 N–H and O–H groups in total. The number of aromatic amines is 2. The summed E-state index contributed by atoms with van der Waals surface area (Å²) in [5.41, 5.74) is 12.5. The average molecular weight is 706 g/mol. The number of nitrogens with one attached hydrogen (secondary N) is 2. The quantitative estimate of drug-likeness (QED) is 0.165. The summed E-state index contributed by atoms with van der Waals surface area (Å²) in [7, 11) is 0. The van der Waals surface area contributed by atoms with Crippen LogP contribution in [-0.4, -0.2) is 19.9 Å². The topological polar surface area (TPSA) is 57.4 Å². The second kappa shape index (κ2) is 9.12. The summed E-state index contributed by atoms with van der Waals surface area (Å²) in [6.07, 6.45) is 0. The smallest absolute Gasteiger partial charge is 0.0737 e. The number of aromatic nitrogens is 4. The number of fused-ring (bicyclic) bond motifs is 20. The summed E-state index contributed by atoms with van der Waals surface area (Å²) in [5, 5.41) is 4.66. The number of benzene rings is 4. The molecule has 9 rings (SSSR count). The molecule has 0 radical (unpaired) electrons. The molecule has 0 amide bonds. The molecule has 7 aromatic rings. The van der Waals surface area contributed by atoms with Gasteiger partial charge in [-0.1, -0.05) is 97.1 Å². The third-order valence-electron chi connectivity index (χ3n) is 8.12. The van der Waals surface area contributed by atoms with Gasteiger partial charge in [0.1, 0.15) is 0 Å². The van der Waals surface area contributed by atoms with Gasteiger partial charge in [0.05, 0.1) is 22.8 Å². The van der Waals surface area contributed by atoms with Crippen molar-refractivity contribution in [3.63, 3.8) is 0 Å². The molecule has 0 saturated carbocycles. The number of nitrogens with zero attached hydrogens (tertiary/aromatic N) is 2. The monoisotopic (exact) mass is 705 g/mol. The van der Waals surface area contributed by atoms with E-state index < -0.39 is 0 Å². The first-order valence-electron chi connectivity index (χ1n) is 13.5. The zero-order valence-corrected chi connectivity index (χ0v) is 24.0. The van der Waals surface area contributed by atoms with Crippen LogP contribution in [0, 0.1) is 0 Å². The van der Waals surface area contributed by atoms with Gasteiger partial charge in [-0.25, -0.2) is 9.97 Å². The molecule has 41 heavy (non-hydrogen) atoms. The molecule has 5 heteroatoms. The maximum atomic E-state index is 5.17. The van der Waals surface area contributed by atoms with Crippen molar-refractivity contribution in [1.29, 1.82) is 0 Å². The minimum Gasteiger partial charge on any atom is -0.354 e. The Balaban J connectivity index is 0.00000256. The summed E-state index contributed by atoms with van der Waals surface area (Å²) in [6, 6.07) is 42.7. The maximum Gasteiger partial charge on any atom is 0.0737 e. The van der Waals surface area contributed by atoms with Gasteiger partial charge in [0.2, 0.25) is 0 Å². The SMILES string of the molecule is [Pt].c1ccc2c(c1)-c1cc3[nH]c(cc4nc(cc5[nH]c(cc-2n1)c1ccccc51)-c1ccccc1-4)c1ccccc31. The number of rotatable bonds is 0. The first-order valence-corrected chi connectivity index (χ1v) is 13.5. The molecule has 0 saturated heterocycles. The predicted molar refractivity (Wildman–Crippen MR) is 165 cm³/mol. The van der Waals surface area contributed by atoms with Crippen LogP contribution in [0.2, 0.25) is 0 Å². The molecule has 2 aliphatic rings. The molecule has 0 aliphatic carbocycles. The van der Waals surface area contributed by atoms with E-state index in [1.54, 1.807) is 0 Å². The molecule has 196 valence electrons. The van der Waals surface area contributed by atoms with E-state index >= 15 is 0 Å². The average Bonchev–Trinajstić information content (AvgIpc) is 3.73. The van der Waals surface area contributed by atoms with Crippen LogP contribution in [0.5, 0.6) is 0 Å². The van der Waals surface area contributed by atoms with Crippen LogP contribution in [0.4, 0.5) is 0 Å². The van der Waals surface area contributed by atoms with Crippen LogP contribution in [0.25, 0.3) is 88.6 Å². The van der Waals surface area contributed by atoms with E-state index in [-0.39, 0.29) is 21.1 Å². The van der Waals surface area contributed by atoms with Crippen molar-refractivity contribution < 1.29 is 21.1 Å². The van der Waals surface area contributed by atoms with E-state index in [1.807, 2.05) is 0 Å². The van der Waals surface area contributed by atoms with Gasteiger partial charge in [-0.3, -0.25) is 0 Å². The minimum atomic E-state index is 0. The Hall–Kier alpha value is -4.79. The van der Waals surface area contributed by atoms with Crippen LogP contribution in [-0.2, 0) is 21.1 Å². The Morgan fingerprint density at radius 3 is 0.854 bits per heavy atom. The summed E-state index contributed by atoms with van der Waals surface area (Å²) in [5.74, 6) is 0. The van der Waals surface area contributed by atoms with Crippen molar-refractivity contribution in [3.05, 3.63) is 121 Å². The third-order valence-corrected chi connectivity index (χ3v) is 8.12. The Morgan fingerprint density at radius 2 is 0.585 bits per heavy atom. The number of hydrogen-bond donors (Lipinski definition) is 2. The zero-order valence-electron chi connectivity index (χ0n) is 21.8. The van der Waals surface area contributed by atoms with Gasteiger partial charge in [-0.2, -0.15) is 0 Å². The van der Waals surface area contributed by atoms with Gasteiger partial charge in [-0.05, 0) is 24.3 Å².